The van der Waals surface area contributed by atoms with Crippen molar-refractivity contribution in [1.82, 2.24) is 19.9 Å². The zero-order chi connectivity index (χ0) is 60.1. The molecular weight excluding hydrogens is 1830 g/mol. The molecule has 0 saturated carbocycles. The Morgan fingerprint density at radius 2 is 0.739 bits per heavy atom. The van der Waals surface area contributed by atoms with Crippen LogP contribution in [0.4, 0.5) is 0 Å². The van der Waals surface area contributed by atoms with Crippen LogP contribution in [0.25, 0.3) is 87.1 Å². The Labute approximate surface area is 572 Å². The number of carbonyl (C=O) groups excluding carboxylic acids is 3. The molecular formula is C73H62Ir4N4O6S-4. The van der Waals surface area contributed by atoms with Crippen molar-refractivity contribution in [2.24, 2.45) is 0 Å². The van der Waals surface area contributed by atoms with Gasteiger partial charge in [0.1, 0.15) is 0 Å². The van der Waals surface area contributed by atoms with E-state index in [1.165, 1.54) is 86.0 Å². The fourth-order valence-corrected chi connectivity index (χ4v) is 8.76. The van der Waals surface area contributed by atoms with Crippen LogP contribution in [0.5, 0.6) is 0 Å². The third kappa shape index (κ3) is 26.6. The zero-order valence-corrected chi connectivity index (χ0v) is 59.2. The Bertz CT molecular complexity index is 3910. The van der Waals surface area contributed by atoms with Crippen molar-refractivity contribution in [2.45, 2.75) is 41.5 Å². The van der Waals surface area contributed by atoms with Gasteiger partial charge in [-0.15, -0.1) is 144 Å². The van der Waals surface area contributed by atoms with Crippen molar-refractivity contribution in [1.29, 1.82) is 0 Å². The number of ketones is 3. The normalized spacial score (nSPS) is 10.3. The number of fused-ring (bicyclic) bond motifs is 4. The molecule has 12 aromatic rings. The first-order valence-electron chi connectivity index (χ1n) is 26.6. The minimum Gasteiger partial charge on any atom is -0.512 e. The summed E-state index contributed by atoms with van der Waals surface area (Å²) in [6, 6.07) is 87.5. The Morgan fingerprint density at radius 1 is 0.375 bits per heavy atom. The molecule has 0 spiro atoms. The molecule has 4 aromatic heterocycles. The molecule has 456 valence electrons. The van der Waals surface area contributed by atoms with Gasteiger partial charge in [0.2, 0.25) is 0 Å². The van der Waals surface area contributed by atoms with Gasteiger partial charge in [-0.2, -0.15) is 11.3 Å². The monoisotopic (exact) mass is 1890 g/mol. The van der Waals surface area contributed by atoms with E-state index in [0.717, 1.165) is 60.9 Å². The Balaban J connectivity index is 0.000000358. The molecule has 0 atom stereocenters. The maximum Gasteiger partial charge on any atom is 0.155 e. The SMILES string of the molecule is CC(=O)C=C(C)O.CC(=O)C=C(C)O.CC(=O)C=C(C)O.[Ir].[Ir].[Ir].[Ir].[c-]1ccccc1-c1ccc2ccccc2n1.[c-]1ccccc1-c1ccc2ccccc2n1.[c-]1ccccc1-c1nc2ccccc2s1.[c-]1ccccc1-c1nccc2ccccc12. The predicted octanol–water partition coefficient (Wildman–Crippen LogP) is 18.0. The van der Waals surface area contributed by atoms with E-state index in [4.69, 9.17) is 15.3 Å². The summed E-state index contributed by atoms with van der Waals surface area (Å²) in [5, 5.41) is 30.9. The fourth-order valence-electron chi connectivity index (χ4n) is 7.81. The molecule has 10 nitrogen and oxygen atoms in total. The second kappa shape index (κ2) is 41.3. The number of hydrogen-bond acceptors (Lipinski definition) is 11. The number of benzene rings is 8. The number of allylic oxidation sites excluding steroid dienone is 6. The summed E-state index contributed by atoms with van der Waals surface area (Å²) >= 11 is 1.71. The van der Waals surface area contributed by atoms with E-state index >= 15 is 0 Å². The van der Waals surface area contributed by atoms with Crippen LogP contribution in [0.3, 0.4) is 0 Å². The summed E-state index contributed by atoms with van der Waals surface area (Å²) < 4.78 is 1.23. The third-order valence-electron chi connectivity index (χ3n) is 11.3. The average molecular weight is 1890 g/mol. The standard InChI is InChI=1S/3C15H10N.C13H8NS.3C5H8O2.4Ir/c1-2-7-13(8-3-1)15-14-9-5-4-6-12(14)10-11-16-15;2*1-2-6-12(7-3-1)15-11-10-13-8-4-5-9-14(13)16-15;1-2-6-10(7-3-1)13-14-11-8-4-5-9-12(11)15-13;3*1-4(6)3-5(2)7;;;;/h1-7,9-11H;2*1-6,8-11H;1-6,8-9H;3*3,6H,1-2H3;;;;/q4*-1;;;;;;;. The van der Waals surface area contributed by atoms with Crippen molar-refractivity contribution in [3.63, 3.8) is 0 Å². The molecule has 0 saturated heterocycles. The van der Waals surface area contributed by atoms with Crippen molar-refractivity contribution < 1.29 is 110 Å². The summed E-state index contributed by atoms with van der Waals surface area (Å²) in [5.74, 6) is -0.187. The number of aliphatic hydroxyl groups is 3. The van der Waals surface area contributed by atoms with Gasteiger partial charge >= 0.3 is 0 Å². The Morgan fingerprint density at radius 3 is 1.12 bits per heavy atom. The third-order valence-corrected chi connectivity index (χ3v) is 12.3. The van der Waals surface area contributed by atoms with Crippen molar-refractivity contribution >= 4 is 71.5 Å². The first kappa shape index (κ1) is 76.2. The number of hydrogen-bond donors (Lipinski definition) is 3. The molecule has 0 fully saturated rings. The molecule has 88 heavy (non-hydrogen) atoms. The molecule has 4 heterocycles. The van der Waals surface area contributed by atoms with Gasteiger partial charge in [-0.25, -0.2) is 0 Å². The molecule has 0 aliphatic carbocycles. The van der Waals surface area contributed by atoms with E-state index < -0.39 is 0 Å². The molecule has 0 aliphatic heterocycles. The second-order valence-electron chi connectivity index (χ2n) is 18.4. The molecule has 3 N–H and O–H groups in total. The molecule has 15 heteroatoms. The number of thiazole rings is 1. The van der Waals surface area contributed by atoms with Crippen molar-refractivity contribution in [3.05, 3.63) is 290 Å². The van der Waals surface area contributed by atoms with Crippen LogP contribution in [0.1, 0.15) is 41.5 Å². The summed E-state index contributed by atoms with van der Waals surface area (Å²) in [5.41, 5.74) is 10.2. The van der Waals surface area contributed by atoms with Crippen LogP contribution in [0.2, 0.25) is 0 Å². The van der Waals surface area contributed by atoms with Crippen LogP contribution < -0.4 is 0 Å². The second-order valence-corrected chi connectivity index (χ2v) is 19.5. The molecule has 0 unspecified atom stereocenters. The predicted molar refractivity (Wildman–Crippen MR) is 343 cm³/mol. The first-order valence-corrected chi connectivity index (χ1v) is 27.4. The fraction of sp³-hybridized carbons (Fsp3) is 0.0822. The van der Waals surface area contributed by atoms with E-state index in [2.05, 4.69) is 86.7 Å². The van der Waals surface area contributed by atoms with E-state index in [0.29, 0.717) is 0 Å². The minimum atomic E-state index is -0.125. The van der Waals surface area contributed by atoms with E-state index in [-0.39, 0.29) is 115 Å². The van der Waals surface area contributed by atoms with Crippen LogP contribution in [0, 0.1) is 24.3 Å². The van der Waals surface area contributed by atoms with Crippen LogP contribution in [-0.4, -0.2) is 52.6 Å². The van der Waals surface area contributed by atoms with Crippen LogP contribution in [-0.2, 0) is 94.8 Å². The van der Waals surface area contributed by atoms with Gasteiger partial charge in [0.25, 0.3) is 0 Å². The number of carbonyl (C=O) groups is 3. The number of aromatic nitrogens is 4. The summed E-state index contributed by atoms with van der Waals surface area (Å²) in [6.45, 7) is 8.54. The number of aliphatic hydroxyl groups excluding tert-OH is 3. The molecule has 0 bridgehead atoms. The van der Waals surface area contributed by atoms with E-state index in [1.54, 1.807) is 11.3 Å². The van der Waals surface area contributed by atoms with Gasteiger partial charge in [-0.3, -0.25) is 29.3 Å². The van der Waals surface area contributed by atoms with Gasteiger partial charge in [0.05, 0.1) is 33.8 Å². The minimum absolute atomic E-state index is 0. The zero-order valence-electron chi connectivity index (χ0n) is 48.8. The Kier molecular flexibility index (Phi) is 35.8. The summed E-state index contributed by atoms with van der Waals surface area (Å²) in [6.07, 6.45) is 5.35. The van der Waals surface area contributed by atoms with Crippen molar-refractivity contribution in [2.75, 3.05) is 0 Å². The molecule has 8 aromatic carbocycles. The first-order chi connectivity index (χ1) is 40.6. The Hall–Kier alpha value is -7.89. The van der Waals surface area contributed by atoms with Crippen molar-refractivity contribution in [3.8, 4) is 44.3 Å². The quantitative estimate of drug-likeness (QED) is 0.0795. The molecule has 0 amide bonds. The average Bonchev–Trinajstić information content (AvgIpc) is 1.68. The topological polar surface area (TPSA) is 163 Å². The molecule has 12 rings (SSSR count). The van der Waals surface area contributed by atoms with Gasteiger partial charge in [0.15, 0.2) is 17.3 Å². The smallest absolute Gasteiger partial charge is 0.155 e. The molecule has 4 radical (unpaired) electrons. The largest absolute Gasteiger partial charge is 0.512 e. The number of rotatable bonds is 7. The summed E-state index contributed by atoms with van der Waals surface area (Å²) in [7, 11) is 0. The van der Waals surface area contributed by atoms with Gasteiger partial charge in [-0.1, -0.05) is 97.1 Å². The van der Waals surface area contributed by atoms with E-state index in [1.807, 2.05) is 188 Å². The van der Waals surface area contributed by atoms with Gasteiger partial charge in [0, 0.05) is 115 Å². The number of para-hydroxylation sites is 3. The van der Waals surface area contributed by atoms with Crippen LogP contribution in [0.15, 0.2) is 266 Å². The van der Waals surface area contributed by atoms with Crippen LogP contribution >= 0.6 is 11.3 Å². The number of nitrogens with zero attached hydrogens (tertiary/aromatic N) is 4. The summed E-state index contributed by atoms with van der Waals surface area (Å²) in [4.78, 5) is 48.3. The van der Waals surface area contributed by atoms with Gasteiger partial charge in [-0.05, 0) is 111 Å². The molecule has 0 aliphatic rings. The van der Waals surface area contributed by atoms with E-state index in [9.17, 15) is 14.4 Å². The maximum absolute atomic E-state index is 10.0. The maximum atomic E-state index is 10.0. The number of pyridine rings is 3. The van der Waals surface area contributed by atoms with Gasteiger partial charge < -0.3 is 20.3 Å².